The Morgan fingerprint density at radius 1 is 1.24 bits per heavy atom. The first-order valence-electron chi connectivity index (χ1n) is 6.66. The van der Waals surface area contributed by atoms with E-state index in [9.17, 15) is 0 Å². The monoisotopic (exact) mass is 351 g/mol. The van der Waals surface area contributed by atoms with E-state index in [4.69, 9.17) is 0 Å². The molecule has 17 heavy (non-hydrogen) atoms. The SMILES string of the molecule is CN=C(NCC1CC1)NCC1(C)CCCC1.I. The molecule has 0 atom stereocenters. The maximum Gasteiger partial charge on any atom is 0.191 e. The van der Waals surface area contributed by atoms with Crippen LogP contribution in [0.4, 0.5) is 0 Å². The lowest BCUT2D eigenvalue weighted by Crippen LogP contribution is -2.42. The van der Waals surface area contributed by atoms with Gasteiger partial charge in [-0.2, -0.15) is 0 Å². The van der Waals surface area contributed by atoms with Gasteiger partial charge < -0.3 is 10.6 Å². The molecule has 0 aliphatic heterocycles. The minimum atomic E-state index is 0. The van der Waals surface area contributed by atoms with Crippen LogP contribution in [0.25, 0.3) is 0 Å². The van der Waals surface area contributed by atoms with Gasteiger partial charge in [0.15, 0.2) is 5.96 Å². The van der Waals surface area contributed by atoms with Crippen LogP contribution in [0.5, 0.6) is 0 Å². The van der Waals surface area contributed by atoms with E-state index in [-0.39, 0.29) is 24.0 Å². The van der Waals surface area contributed by atoms with Crippen LogP contribution in [0.15, 0.2) is 4.99 Å². The molecule has 100 valence electrons. The molecule has 2 N–H and O–H groups in total. The summed E-state index contributed by atoms with van der Waals surface area (Å²) in [5.41, 5.74) is 0.497. The minimum absolute atomic E-state index is 0. The summed E-state index contributed by atoms with van der Waals surface area (Å²) in [6, 6.07) is 0. The standard InChI is InChI=1S/C13H25N3.HI/c1-13(7-3-4-8-13)10-16-12(14-2)15-9-11-5-6-11;/h11H,3-10H2,1-2H3,(H2,14,15,16);1H. The van der Waals surface area contributed by atoms with Crippen molar-refractivity contribution in [1.29, 1.82) is 0 Å². The van der Waals surface area contributed by atoms with Crippen LogP contribution < -0.4 is 10.6 Å². The van der Waals surface area contributed by atoms with Gasteiger partial charge in [0.05, 0.1) is 0 Å². The minimum Gasteiger partial charge on any atom is -0.356 e. The van der Waals surface area contributed by atoms with Crippen molar-refractivity contribution in [1.82, 2.24) is 10.6 Å². The van der Waals surface area contributed by atoms with E-state index in [1.165, 1.54) is 38.5 Å². The average molecular weight is 351 g/mol. The molecule has 0 saturated heterocycles. The molecule has 2 fully saturated rings. The van der Waals surface area contributed by atoms with Gasteiger partial charge in [-0.05, 0) is 37.0 Å². The second kappa shape index (κ2) is 6.81. The molecule has 0 aromatic rings. The van der Waals surface area contributed by atoms with Gasteiger partial charge in [0.2, 0.25) is 0 Å². The third-order valence-electron chi connectivity index (χ3n) is 3.97. The van der Waals surface area contributed by atoms with Crippen LogP contribution in [0.2, 0.25) is 0 Å². The van der Waals surface area contributed by atoms with Crippen molar-refractivity contribution < 1.29 is 0 Å². The third kappa shape index (κ3) is 5.02. The van der Waals surface area contributed by atoms with E-state index < -0.39 is 0 Å². The summed E-state index contributed by atoms with van der Waals surface area (Å²) in [4.78, 5) is 4.27. The first kappa shape index (κ1) is 15.1. The fourth-order valence-electron chi connectivity index (χ4n) is 2.49. The molecule has 2 aliphatic carbocycles. The number of halogens is 1. The molecular weight excluding hydrogens is 325 g/mol. The summed E-state index contributed by atoms with van der Waals surface area (Å²) in [5.74, 6) is 1.89. The lowest BCUT2D eigenvalue weighted by atomic mass is 9.89. The van der Waals surface area contributed by atoms with E-state index >= 15 is 0 Å². The molecular formula is C13H26IN3. The third-order valence-corrected chi connectivity index (χ3v) is 3.97. The van der Waals surface area contributed by atoms with Crippen molar-refractivity contribution in [2.75, 3.05) is 20.1 Å². The summed E-state index contributed by atoms with van der Waals surface area (Å²) >= 11 is 0. The van der Waals surface area contributed by atoms with Crippen LogP contribution in [0.1, 0.15) is 45.4 Å². The number of hydrogen-bond donors (Lipinski definition) is 2. The van der Waals surface area contributed by atoms with Gasteiger partial charge in [0.1, 0.15) is 0 Å². The highest BCUT2D eigenvalue weighted by molar-refractivity contribution is 14.0. The Labute approximate surface area is 122 Å². The Morgan fingerprint density at radius 3 is 2.41 bits per heavy atom. The molecule has 0 aromatic carbocycles. The normalized spacial score (nSPS) is 23.1. The van der Waals surface area contributed by atoms with E-state index in [1.54, 1.807) is 0 Å². The molecule has 0 bridgehead atoms. The molecule has 2 aliphatic rings. The van der Waals surface area contributed by atoms with Crippen molar-refractivity contribution in [3.8, 4) is 0 Å². The Hall–Kier alpha value is 0. The fraction of sp³-hybridized carbons (Fsp3) is 0.923. The quantitative estimate of drug-likeness (QED) is 0.464. The van der Waals surface area contributed by atoms with Crippen LogP contribution in [-0.4, -0.2) is 26.1 Å². The predicted octanol–water partition coefficient (Wildman–Crippen LogP) is 2.76. The largest absolute Gasteiger partial charge is 0.356 e. The van der Waals surface area contributed by atoms with Gasteiger partial charge in [-0.25, -0.2) is 0 Å². The number of nitrogens with one attached hydrogen (secondary N) is 2. The number of guanidine groups is 1. The van der Waals surface area contributed by atoms with E-state index in [2.05, 4.69) is 22.5 Å². The van der Waals surface area contributed by atoms with E-state index in [1.807, 2.05) is 7.05 Å². The van der Waals surface area contributed by atoms with E-state index in [0.717, 1.165) is 25.0 Å². The highest BCUT2D eigenvalue weighted by atomic mass is 127. The Kier molecular flexibility index (Phi) is 6.03. The first-order chi connectivity index (χ1) is 7.72. The van der Waals surface area contributed by atoms with Crippen LogP contribution in [0, 0.1) is 11.3 Å². The molecule has 0 spiro atoms. The van der Waals surface area contributed by atoms with Crippen molar-refractivity contribution in [2.24, 2.45) is 16.3 Å². The summed E-state index contributed by atoms with van der Waals surface area (Å²) in [6.07, 6.45) is 8.29. The zero-order valence-corrected chi connectivity index (χ0v) is 13.4. The maximum absolute atomic E-state index is 4.27. The lowest BCUT2D eigenvalue weighted by Gasteiger charge is -2.25. The molecule has 2 saturated carbocycles. The fourth-order valence-corrected chi connectivity index (χ4v) is 2.49. The molecule has 3 nitrogen and oxygen atoms in total. The number of nitrogens with zero attached hydrogens (tertiary/aromatic N) is 1. The van der Waals surface area contributed by atoms with Crippen LogP contribution >= 0.6 is 24.0 Å². The zero-order chi connectivity index (χ0) is 11.4. The lowest BCUT2D eigenvalue weighted by molar-refractivity contribution is 0.334. The second-order valence-electron chi connectivity index (χ2n) is 5.77. The highest BCUT2D eigenvalue weighted by Crippen LogP contribution is 2.36. The smallest absolute Gasteiger partial charge is 0.191 e. The summed E-state index contributed by atoms with van der Waals surface area (Å²) in [5, 5.41) is 6.89. The highest BCUT2D eigenvalue weighted by Gasteiger charge is 2.28. The summed E-state index contributed by atoms with van der Waals surface area (Å²) in [7, 11) is 1.86. The Morgan fingerprint density at radius 2 is 1.88 bits per heavy atom. The van der Waals surface area contributed by atoms with Gasteiger partial charge >= 0.3 is 0 Å². The van der Waals surface area contributed by atoms with Gasteiger partial charge in [-0.3, -0.25) is 4.99 Å². The van der Waals surface area contributed by atoms with Gasteiger partial charge in [-0.1, -0.05) is 19.8 Å². The number of hydrogen-bond acceptors (Lipinski definition) is 1. The predicted molar refractivity (Wildman–Crippen MR) is 84.1 cm³/mol. The van der Waals surface area contributed by atoms with Gasteiger partial charge in [0.25, 0.3) is 0 Å². The maximum atomic E-state index is 4.27. The molecule has 0 heterocycles. The topological polar surface area (TPSA) is 36.4 Å². The van der Waals surface area contributed by atoms with E-state index in [0.29, 0.717) is 5.41 Å². The first-order valence-corrected chi connectivity index (χ1v) is 6.66. The number of aliphatic imine (C=N–C) groups is 1. The molecule has 0 amide bonds. The molecule has 2 rings (SSSR count). The van der Waals surface area contributed by atoms with Gasteiger partial charge in [0, 0.05) is 20.1 Å². The molecule has 0 unspecified atom stereocenters. The summed E-state index contributed by atoms with van der Waals surface area (Å²) < 4.78 is 0. The van der Waals surface area contributed by atoms with Gasteiger partial charge in [-0.15, -0.1) is 24.0 Å². The van der Waals surface area contributed by atoms with Crippen LogP contribution in [0.3, 0.4) is 0 Å². The van der Waals surface area contributed by atoms with Crippen molar-refractivity contribution in [2.45, 2.75) is 45.4 Å². The average Bonchev–Trinajstić information content (AvgIpc) is 3.01. The second-order valence-corrected chi connectivity index (χ2v) is 5.77. The van der Waals surface area contributed by atoms with Crippen LogP contribution in [-0.2, 0) is 0 Å². The molecule has 0 aromatic heterocycles. The van der Waals surface area contributed by atoms with Crippen molar-refractivity contribution in [3.63, 3.8) is 0 Å². The number of rotatable bonds is 4. The Bertz CT molecular complexity index is 255. The molecule has 4 heteroatoms. The molecule has 0 radical (unpaired) electrons. The van der Waals surface area contributed by atoms with Crippen molar-refractivity contribution >= 4 is 29.9 Å². The van der Waals surface area contributed by atoms with Crippen molar-refractivity contribution in [3.05, 3.63) is 0 Å². The Balaban J connectivity index is 0.00000144. The summed E-state index contributed by atoms with van der Waals surface area (Å²) in [6.45, 7) is 4.55. The zero-order valence-electron chi connectivity index (χ0n) is 11.1.